The molecule has 2 N–H and O–H groups in total. The number of nitrogens with one attached hydrogen (secondary N) is 2. The minimum atomic E-state index is -0.475. The number of aromatic nitrogens is 2. The van der Waals surface area contributed by atoms with Crippen LogP contribution in [0.1, 0.15) is 59.1 Å². The number of rotatable bonds is 5. The normalized spacial score (nSPS) is 24.6. The summed E-state index contributed by atoms with van der Waals surface area (Å²) in [5.41, 5.74) is 0.571. The Morgan fingerprint density at radius 2 is 2.21 bits per heavy atom. The lowest BCUT2D eigenvalue weighted by Gasteiger charge is -2.44. The van der Waals surface area contributed by atoms with Crippen molar-refractivity contribution in [3.8, 4) is 0 Å². The summed E-state index contributed by atoms with van der Waals surface area (Å²) in [7, 11) is 2.00. The van der Waals surface area contributed by atoms with Gasteiger partial charge in [-0.15, -0.1) is 0 Å². The van der Waals surface area contributed by atoms with E-state index in [0.29, 0.717) is 12.5 Å². The van der Waals surface area contributed by atoms with Gasteiger partial charge in [0.25, 0.3) is 0 Å². The van der Waals surface area contributed by atoms with Gasteiger partial charge in [-0.25, -0.2) is 9.78 Å². The predicted octanol–water partition coefficient (Wildman–Crippen LogP) is 2.98. The van der Waals surface area contributed by atoms with Gasteiger partial charge in [0.05, 0.1) is 12.0 Å². The van der Waals surface area contributed by atoms with Gasteiger partial charge in [-0.3, -0.25) is 0 Å². The molecule has 0 aliphatic heterocycles. The largest absolute Gasteiger partial charge is 0.444 e. The number of amides is 1. The van der Waals surface area contributed by atoms with Gasteiger partial charge in [-0.2, -0.15) is 0 Å². The van der Waals surface area contributed by atoms with Crippen LogP contribution >= 0.6 is 0 Å². The molecule has 2 rings (SSSR count). The fourth-order valence-electron chi connectivity index (χ4n) is 3.37. The number of carbonyl (C=O) groups is 1. The van der Waals surface area contributed by atoms with E-state index in [4.69, 9.17) is 4.74 Å². The first-order chi connectivity index (χ1) is 11.2. The molecule has 1 aliphatic rings. The number of carbonyl (C=O) groups excluding carboxylic acids is 1. The van der Waals surface area contributed by atoms with Crippen LogP contribution in [-0.2, 0) is 18.3 Å². The summed E-state index contributed by atoms with van der Waals surface area (Å²) in [6.07, 6.45) is 8.02. The lowest BCUT2D eigenvalue weighted by atomic mass is 9.73. The minimum absolute atomic E-state index is 0.0978. The van der Waals surface area contributed by atoms with E-state index in [0.717, 1.165) is 18.7 Å². The Labute approximate surface area is 145 Å². The second-order valence-electron chi connectivity index (χ2n) is 8.01. The highest BCUT2D eigenvalue weighted by atomic mass is 16.6. The predicted molar refractivity (Wildman–Crippen MR) is 94.6 cm³/mol. The highest BCUT2D eigenvalue weighted by Gasteiger charge is 2.38. The van der Waals surface area contributed by atoms with Crippen molar-refractivity contribution >= 4 is 6.09 Å². The van der Waals surface area contributed by atoms with Crippen LogP contribution in [0.2, 0.25) is 0 Å². The number of hydrogen-bond donors (Lipinski definition) is 2. The Morgan fingerprint density at radius 3 is 2.79 bits per heavy atom. The molecule has 1 heterocycles. The topological polar surface area (TPSA) is 68.2 Å². The zero-order chi connectivity index (χ0) is 17.8. The summed E-state index contributed by atoms with van der Waals surface area (Å²) >= 11 is 0. The number of alkyl carbamates (subject to hydrolysis) is 1. The van der Waals surface area contributed by atoms with E-state index in [-0.39, 0.29) is 11.6 Å². The average molecular weight is 336 g/mol. The number of imidazole rings is 1. The lowest BCUT2D eigenvalue weighted by molar-refractivity contribution is 0.0479. The summed E-state index contributed by atoms with van der Waals surface area (Å²) < 4.78 is 7.41. The van der Waals surface area contributed by atoms with E-state index in [1.807, 2.05) is 44.9 Å². The molecule has 0 bridgehead atoms. The maximum Gasteiger partial charge on any atom is 0.407 e. The highest BCUT2D eigenvalue weighted by molar-refractivity contribution is 5.67. The van der Waals surface area contributed by atoms with Crippen molar-refractivity contribution in [3.63, 3.8) is 0 Å². The Bertz CT molecular complexity index is 549. The molecule has 0 radical (unpaired) electrons. The number of hydrogen-bond acceptors (Lipinski definition) is 4. The molecule has 1 aromatic rings. The average Bonchev–Trinajstić information content (AvgIpc) is 2.89. The van der Waals surface area contributed by atoms with Gasteiger partial charge in [-0.1, -0.05) is 19.8 Å². The summed E-state index contributed by atoms with van der Waals surface area (Å²) in [6.45, 7) is 9.24. The first kappa shape index (κ1) is 18.8. The zero-order valence-electron chi connectivity index (χ0n) is 15.7. The molecule has 1 fully saturated rings. The fraction of sp³-hybridized carbons (Fsp3) is 0.778. The summed E-state index contributed by atoms with van der Waals surface area (Å²) in [5, 5.41) is 6.69. The molecule has 2 atom stereocenters. The van der Waals surface area contributed by atoms with E-state index in [1.54, 1.807) is 0 Å². The van der Waals surface area contributed by atoms with E-state index in [9.17, 15) is 4.79 Å². The van der Waals surface area contributed by atoms with Crippen LogP contribution in [0.25, 0.3) is 0 Å². The highest BCUT2D eigenvalue weighted by Crippen LogP contribution is 2.33. The zero-order valence-corrected chi connectivity index (χ0v) is 15.7. The molecule has 1 aliphatic carbocycles. The summed E-state index contributed by atoms with van der Waals surface area (Å²) in [5.74, 6) is 0.495. The van der Waals surface area contributed by atoms with Crippen LogP contribution in [0, 0.1) is 5.92 Å². The number of nitrogens with zero attached hydrogens (tertiary/aromatic N) is 2. The molecule has 2 unspecified atom stereocenters. The van der Waals surface area contributed by atoms with Gasteiger partial charge in [0.2, 0.25) is 0 Å². The SMILES string of the molecule is CC1CCCCC1(CNC(=O)OC(C)(C)C)NCc1cncn1C. The molecule has 136 valence electrons. The van der Waals surface area contributed by atoms with Gasteiger partial charge in [-0.05, 0) is 39.5 Å². The second-order valence-corrected chi connectivity index (χ2v) is 8.01. The van der Waals surface area contributed by atoms with Crippen molar-refractivity contribution < 1.29 is 9.53 Å². The third-order valence-corrected chi connectivity index (χ3v) is 4.94. The van der Waals surface area contributed by atoms with Gasteiger partial charge >= 0.3 is 6.09 Å². The van der Waals surface area contributed by atoms with Crippen LogP contribution in [-0.4, -0.2) is 33.3 Å². The van der Waals surface area contributed by atoms with Gasteiger partial charge in [0.1, 0.15) is 5.60 Å². The maximum atomic E-state index is 12.1. The van der Waals surface area contributed by atoms with Gasteiger partial charge in [0.15, 0.2) is 0 Å². The third kappa shape index (κ3) is 4.97. The molecular weight excluding hydrogens is 304 g/mol. The van der Waals surface area contributed by atoms with Gasteiger partial charge in [0, 0.05) is 31.9 Å². The Morgan fingerprint density at radius 1 is 1.46 bits per heavy atom. The smallest absolute Gasteiger partial charge is 0.407 e. The van der Waals surface area contributed by atoms with Crippen molar-refractivity contribution in [1.82, 2.24) is 20.2 Å². The quantitative estimate of drug-likeness (QED) is 0.867. The minimum Gasteiger partial charge on any atom is -0.444 e. The third-order valence-electron chi connectivity index (χ3n) is 4.94. The standard InChI is InChI=1S/C18H32N4O2/c1-14-8-6-7-9-18(14,12-20-16(23)24-17(2,3)4)21-11-15-10-19-13-22(15)5/h10,13-14,21H,6-9,11-12H2,1-5H3,(H,20,23). The summed E-state index contributed by atoms with van der Waals surface area (Å²) in [4.78, 5) is 16.2. The molecule has 0 spiro atoms. The van der Waals surface area contributed by atoms with Crippen LogP contribution in [0.5, 0.6) is 0 Å². The monoisotopic (exact) mass is 336 g/mol. The Kier molecular flexibility index (Phi) is 5.91. The molecule has 1 amide bonds. The van der Waals surface area contributed by atoms with Crippen molar-refractivity contribution in [2.24, 2.45) is 13.0 Å². The number of ether oxygens (including phenoxy) is 1. The molecular formula is C18H32N4O2. The van der Waals surface area contributed by atoms with Crippen LogP contribution in [0.3, 0.4) is 0 Å². The molecule has 0 aromatic carbocycles. The fourth-order valence-corrected chi connectivity index (χ4v) is 3.37. The first-order valence-electron chi connectivity index (χ1n) is 8.89. The van der Waals surface area contributed by atoms with Crippen molar-refractivity contribution in [3.05, 3.63) is 18.2 Å². The van der Waals surface area contributed by atoms with E-state index in [1.165, 1.54) is 19.3 Å². The molecule has 1 saturated carbocycles. The molecule has 6 nitrogen and oxygen atoms in total. The second kappa shape index (κ2) is 7.55. The summed E-state index contributed by atoms with van der Waals surface area (Å²) in [6, 6.07) is 0. The van der Waals surface area contributed by atoms with Crippen molar-refractivity contribution in [2.45, 2.75) is 71.1 Å². The first-order valence-corrected chi connectivity index (χ1v) is 8.89. The molecule has 0 saturated heterocycles. The maximum absolute atomic E-state index is 12.1. The van der Waals surface area contributed by atoms with E-state index >= 15 is 0 Å². The lowest BCUT2D eigenvalue weighted by Crippen LogP contribution is -2.59. The van der Waals surface area contributed by atoms with Crippen molar-refractivity contribution in [1.29, 1.82) is 0 Å². The van der Waals surface area contributed by atoms with Crippen LogP contribution in [0.4, 0.5) is 4.79 Å². The van der Waals surface area contributed by atoms with E-state index in [2.05, 4.69) is 22.5 Å². The number of aryl methyl sites for hydroxylation is 1. The molecule has 1 aromatic heterocycles. The molecule has 6 heteroatoms. The Balaban J connectivity index is 2.01. The Hall–Kier alpha value is -1.56. The molecule has 24 heavy (non-hydrogen) atoms. The van der Waals surface area contributed by atoms with Gasteiger partial charge < -0.3 is 19.9 Å². The van der Waals surface area contributed by atoms with Crippen LogP contribution < -0.4 is 10.6 Å². The van der Waals surface area contributed by atoms with Crippen molar-refractivity contribution in [2.75, 3.05) is 6.54 Å². The van der Waals surface area contributed by atoms with E-state index < -0.39 is 5.60 Å². The van der Waals surface area contributed by atoms with Crippen LogP contribution in [0.15, 0.2) is 12.5 Å².